The SMILES string of the molecule is COc1c(C(=O)N2CCCN2C(=O)c2cnn(-c3ccccc3)c2C)csc1[N+](=O)[O-]. The summed E-state index contributed by atoms with van der Waals surface area (Å²) in [5.74, 6) is -0.957. The van der Waals surface area contributed by atoms with Gasteiger partial charge in [0.1, 0.15) is 5.56 Å². The summed E-state index contributed by atoms with van der Waals surface area (Å²) < 4.78 is 6.78. The van der Waals surface area contributed by atoms with Gasteiger partial charge >= 0.3 is 5.00 Å². The number of nitro groups is 1. The number of benzene rings is 1. The van der Waals surface area contributed by atoms with Crippen molar-refractivity contribution in [3.63, 3.8) is 0 Å². The van der Waals surface area contributed by atoms with Crippen molar-refractivity contribution in [2.75, 3.05) is 20.2 Å². The Kier molecular flexibility index (Phi) is 5.42. The Hall–Kier alpha value is -3.73. The third kappa shape index (κ3) is 3.52. The predicted octanol–water partition coefficient (Wildman–Crippen LogP) is 3.06. The predicted molar refractivity (Wildman–Crippen MR) is 113 cm³/mol. The Morgan fingerprint density at radius 1 is 1.13 bits per heavy atom. The first kappa shape index (κ1) is 20.5. The average Bonchev–Trinajstić information content (AvgIpc) is 3.51. The van der Waals surface area contributed by atoms with Gasteiger partial charge in [-0.3, -0.25) is 19.7 Å². The van der Waals surface area contributed by atoms with Crippen molar-refractivity contribution in [1.29, 1.82) is 0 Å². The second kappa shape index (κ2) is 8.19. The summed E-state index contributed by atoms with van der Waals surface area (Å²) in [6.45, 7) is 2.47. The van der Waals surface area contributed by atoms with E-state index in [-0.39, 0.29) is 22.2 Å². The lowest BCUT2D eigenvalue weighted by molar-refractivity contribution is -0.381. The molecule has 0 unspecified atom stereocenters. The van der Waals surface area contributed by atoms with E-state index >= 15 is 0 Å². The highest BCUT2D eigenvalue weighted by Gasteiger charge is 2.37. The third-order valence-electron chi connectivity index (χ3n) is 5.07. The number of nitrogens with zero attached hydrogens (tertiary/aromatic N) is 5. The topological polar surface area (TPSA) is 111 Å². The summed E-state index contributed by atoms with van der Waals surface area (Å²) in [5, 5.41) is 19.3. The molecule has 0 radical (unpaired) electrons. The van der Waals surface area contributed by atoms with Crippen LogP contribution in [0.3, 0.4) is 0 Å². The highest BCUT2D eigenvalue weighted by Crippen LogP contribution is 2.38. The maximum atomic E-state index is 13.3. The number of hydrazine groups is 1. The molecule has 0 saturated carbocycles. The normalized spacial score (nSPS) is 13.5. The van der Waals surface area contributed by atoms with Gasteiger partial charge in [-0.05, 0) is 25.5 Å². The van der Waals surface area contributed by atoms with Gasteiger partial charge in [0, 0.05) is 18.5 Å². The number of hydrogen-bond acceptors (Lipinski definition) is 7. The molecular formula is C20H19N5O5S. The fourth-order valence-electron chi connectivity index (χ4n) is 3.57. The van der Waals surface area contributed by atoms with Gasteiger partial charge < -0.3 is 4.74 Å². The molecule has 3 aromatic rings. The zero-order chi connectivity index (χ0) is 22.1. The maximum absolute atomic E-state index is 13.3. The third-order valence-corrected chi connectivity index (χ3v) is 5.98. The second-order valence-electron chi connectivity index (χ2n) is 6.85. The van der Waals surface area contributed by atoms with Crippen LogP contribution < -0.4 is 4.74 Å². The van der Waals surface area contributed by atoms with Gasteiger partial charge in [-0.15, -0.1) is 0 Å². The Bertz CT molecular complexity index is 1160. The molecule has 1 saturated heterocycles. The van der Waals surface area contributed by atoms with E-state index in [0.29, 0.717) is 30.8 Å². The summed E-state index contributed by atoms with van der Waals surface area (Å²) in [7, 11) is 1.28. The number of para-hydroxylation sites is 1. The molecule has 0 aliphatic carbocycles. The number of rotatable bonds is 5. The lowest BCUT2D eigenvalue weighted by Crippen LogP contribution is -2.45. The van der Waals surface area contributed by atoms with Crippen LogP contribution in [0.25, 0.3) is 5.69 Å². The largest absolute Gasteiger partial charge is 0.489 e. The Labute approximate surface area is 181 Å². The first-order valence-electron chi connectivity index (χ1n) is 9.47. The zero-order valence-electron chi connectivity index (χ0n) is 16.8. The zero-order valence-corrected chi connectivity index (χ0v) is 17.7. The van der Waals surface area contributed by atoms with E-state index in [1.165, 1.54) is 28.7 Å². The van der Waals surface area contributed by atoms with E-state index in [9.17, 15) is 19.7 Å². The lowest BCUT2D eigenvalue weighted by Gasteiger charge is -2.27. The lowest BCUT2D eigenvalue weighted by atomic mass is 10.2. The molecule has 2 aromatic heterocycles. The van der Waals surface area contributed by atoms with E-state index < -0.39 is 10.8 Å². The number of amides is 2. The van der Waals surface area contributed by atoms with Gasteiger partial charge in [0.2, 0.25) is 5.75 Å². The summed E-state index contributed by atoms with van der Waals surface area (Å²) in [4.78, 5) is 37.0. The van der Waals surface area contributed by atoms with Crippen molar-refractivity contribution in [2.45, 2.75) is 13.3 Å². The van der Waals surface area contributed by atoms with Crippen LogP contribution >= 0.6 is 11.3 Å². The molecular weight excluding hydrogens is 422 g/mol. The number of aromatic nitrogens is 2. The molecule has 2 amide bonds. The summed E-state index contributed by atoms with van der Waals surface area (Å²) in [6.07, 6.45) is 2.08. The average molecular weight is 441 g/mol. The fourth-order valence-corrected chi connectivity index (χ4v) is 4.39. The van der Waals surface area contributed by atoms with E-state index in [4.69, 9.17) is 4.74 Å². The van der Waals surface area contributed by atoms with Crippen LogP contribution in [0.1, 0.15) is 32.8 Å². The summed E-state index contributed by atoms with van der Waals surface area (Å²) in [5.41, 5.74) is 1.92. The minimum Gasteiger partial charge on any atom is -0.489 e. The number of hydrogen-bond donors (Lipinski definition) is 0. The molecule has 0 N–H and O–H groups in total. The molecule has 160 valence electrons. The summed E-state index contributed by atoms with van der Waals surface area (Å²) in [6, 6.07) is 9.43. The maximum Gasteiger partial charge on any atom is 0.366 e. The smallest absolute Gasteiger partial charge is 0.366 e. The van der Waals surface area contributed by atoms with Gasteiger partial charge in [-0.25, -0.2) is 14.7 Å². The Morgan fingerprint density at radius 3 is 2.39 bits per heavy atom. The molecule has 0 bridgehead atoms. The molecule has 0 spiro atoms. The van der Waals surface area contributed by atoms with Gasteiger partial charge in [-0.2, -0.15) is 5.10 Å². The number of methoxy groups -OCH3 is 1. The quantitative estimate of drug-likeness (QED) is 0.444. The Morgan fingerprint density at radius 2 is 1.77 bits per heavy atom. The molecule has 11 heteroatoms. The van der Waals surface area contributed by atoms with Gasteiger partial charge in [0.15, 0.2) is 0 Å². The van der Waals surface area contributed by atoms with Gasteiger partial charge in [0.05, 0.1) is 35.2 Å². The van der Waals surface area contributed by atoms with E-state index in [0.717, 1.165) is 17.0 Å². The van der Waals surface area contributed by atoms with Crippen molar-refractivity contribution in [1.82, 2.24) is 19.8 Å². The molecule has 10 nitrogen and oxygen atoms in total. The van der Waals surface area contributed by atoms with Crippen molar-refractivity contribution in [3.8, 4) is 11.4 Å². The van der Waals surface area contributed by atoms with E-state index in [2.05, 4.69) is 5.10 Å². The fraction of sp³-hybridized carbons (Fsp3) is 0.250. The van der Waals surface area contributed by atoms with Crippen molar-refractivity contribution >= 4 is 28.2 Å². The number of carbonyl (C=O) groups excluding carboxylic acids is 2. The molecule has 1 fully saturated rings. The van der Waals surface area contributed by atoms with Crippen LogP contribution in [0.2, 0.25) is 0 Å². The second-order valence-corrected chi connectivity index (χ2v) is 7.70. The van der Waals surface area contributed by atoms with Crippen LogP contribution in [0.4, 0.5) is 5.00 Å². The van der Waals surface area contributed by atoms with Crippen LogP contribution in [-0.4, -0.2) is 56.7 Å². The number of thiophene rings is 1. The van der Waals surface area contributed by atoms with E-state index in [1.54, 1.807) is 11.6 Å². The summed E-state index contributed by atoms with van der Waals surface area (Å²) >= 11 is 0.817. The minimum atomic E-state index is -0.589. The molecule has 3 heterocycles. The number of ether oxygens (including phenoxy) is 1. The van der Waals surface area contributed by atoms with Crippen molar-refractivity contribution in [3.05, 3.63) is 68.8 Å². The van der Waals surface area contributed by atoms with Gasteiger partial charge in [0.25, 0.3) is 11.8 Å². The monoisotopic (exact) mass is 441 g/mol. The molecule has 31 heavy (non-hydrogen) atoms. The van der Waals surface area contributed by atoms with Crippen LogP contribution in [0, 0.1) is 17.0 Å². The van der Waals surface area contributed by atoms with Crippen molar-refractivity contribution in [2.24, 2.45) is 0 Å². The van der Waals surface area contributed by atoms with Crippen LogP contribution in [-0.2, 0) is 0 Å². The minimum absolute atomic E-state index is 0.0654. The highest BCUT2D eigenvalue weighted by molar-refractivity contribution is 7.14. The first-order chi connectivity index (χ1) is 14.9. The molecule has 0 atom stereocenters. The van der Waals surface area contributed by atoms with E-state index in [1.807, 2.05) is 30.3 Å². The van der Waals surface area contributed by atoms with Crippen LogP contribution in [0.15, 0.2) is 41.9 Å². The molecule has 1 aliphatic rings. The number of carbonyl (C=O) groups is 2. The standard InChI is InChI=1S/C20H19N5O5S/c1-13-15(11-21-24(13)14-7-4-3-5-8-14)18(26)22-9-6-10-23(22)19(27)16-12-31-20(25(28)29)17(16)30-2/h3-5,7-8,11-12H,6,9-10H2,1-2H3. The Balaban J connectivity index is 1.62. The molecule has 1 aromatic carbocycles. The van der Waals surface area contributed by atoms with Gasteiger partial charge in [-0.1, -0.05) is 29.5 Å². The van der Waals surface area contributed by atoms with Crippen LogP contribution in [0.5, 0.6) is 5.75 Å². The highest BCUT2D eigenvalue weighted by atomic mass is 32.1. The molecule has 4 rings (SSSR count). The molecule has 1 aliphatic heterocycles. The first-order valence-corrected chi connectivity index (χ1v) is 10.4. The van der Waals surface area contributed by atoms with Crippen molar-refractivity contribution < 1.29 is 19.2 Å².